The van der Waals surface area contributed by atoms with Crippen molar-refractivity contribution in [3.63, 3.8) is 0 Å². The van der Waals surface area contributed by atoms with Crippen molar-refractivity contribution in [2.24, 2.45) is 0 Å². The monoisotopic (exact) mass is 255 g/mol. The molecule has 18 heavy (non-hydrogen) atoms. The minimum absolute atomic E-state index is 0.446. The van der Waals surface area contributed by atoms with Crippen LogP contribution in [0.2, 0.25) is 5.02 Å². The van der Waals surface area contributed by atoms with Crippen molar-refractivity contribution in [3.8, 4) is 17.2 Å². The summed E-state index contributed by atoms with van der Waals surface area (Å²) in [5.74, 6) is 0. The highest BCUT2D eigenvalue weighted by atomic mass is 35.5. The van der Waals surface area contributed by atoms with Gasteiger partial charge in [0.2, 0.25) is 0 Å². The van der Waals surface area contributed by atoms with E-state index in [-0.39, 0.29) is 0 Å². The first-order valence-corrected chi connectivity index (χ1v) is 6.18. The molecule has 1 nitrogen and oxygen atoms in total. The molecule has 0 saturated carbocycles. The standard InChI is InChI=1S/C16H14ClN/c1-16(2,11-18)14-7-3-12(4-8-14)13-5-9-15(17)10-6-13/h3-10H,1-2H3. The minimum atomic E-state index is -0.446. The van der Waals surface area contributed by atoms with E-state index < -0.39 is 5.41 Å². The van der Waals surface area contributed by atoms with Gasteiger partial charge in [0.05, 0.1) is 11.5 Å². The van der Waals surface area contributed by atoms with E-state index in [9.17, 15) is 0 Å². The van der Waals surface area contributed by atoms with Crippen molar-refractivity contribution < 1.29 is 0 Å². The Morgan fingerprint density at radius 2 is 1.33 bits per heavy atom. The van der Waals surface area contributed by atoms with Gasteiger partial charge in [-0.05, 0) is 42.7 Å². The Morgan fingerprint density at radius 1 is 0.889 bits per heavy atom. The highest BCUT2D eigenvalue weighted by molar-refractivity contribution is 6.30. The van der Waals surface area contributed by atoms with Crippen molar-refractivity contribution in [1.29, 1.82) is 5.26 Å². The molecular weight excluding hydrogens is 242 g/mol. The number of nitrogens with zero attached hydrogens (tertiary/aromatic N) is 1. The molecule has 2 rings (SSSR count). The van der Waals surface area contributed by atoms with Crippen LogP contribution in [0.5, 0.6) is 0 Å². The SMILES string of the molecule is CC(C)(C#N)c1ccc(-c2ccc(Cl)cc2)cc1. The number of hydrogen-bond acceptors (Lipinski definition) is 1. The van der Waals surface area contributed by atoms with E-state index >= 15 is 0 Å². The summed E-state index contributed by atoms with van der Waals surface area (Å²) in [6.45, 7) is 3.84. The van der Waals surface area contributed by atoms with E-state index in [1.165, 1.54) is 0 Å². The Morgan fingerprint density at radius 3 is 1.78 bits per heavy atom. The molecule has 0 bridgehead atoms. The maximum absolute atomic E-state index is 9.10. The van der Waals surface area contributed by atoms with Crippen LogP contribution >= 0.6 is 11.6 Å². The lowest BCUT2D eigenvalue weighted by molar-refractivity contribution is 0.687. The second-order valence-electron chi connectivity index (χ2n) is 4.82. The molecule has 0 aliphatic heterocycles. The second-order valence-corrected chi connectivity index (χ2v) is 5.26. The molecule has 0 aromatic heterocycles. The predicted octanol–water partition coefficient (Wildman–Crippen LogP) is 4.81. The lowest BCUT2D eigenvalue weighted by atomic mass is 9.85. The Hall–Kier alpha value is -1.78. The lowest BCUT2D eigenvalue weighted by Crippen LogP contribution is -2.13. The summed E-state index contributed by atoms with van der Waals surface area (Å²) in [5, 5.41) is 9.84. The van der Waals surface area contributed by atoms with E-state index in [1.54, 1.807) is 0 Å². The predicted molar refractivity (Wildman–Crippen MR) is 75.5 cm³/mol. The first-order valence-electron chi connectivity index (χ1n) is 5.81. The zero-order valence-corrected chi connectivity index (χ0v) is 11.2. The molecule has 0 radical (unpaired) electrons. The van der Waals surface area contributed by atoms with Crippen molar-refractivity contribution >= 4 is 11.6 Å². The summed E-state index contributed by atoms with van der Waals surface area (Å²) in [6, 6.07) is 18.1. The van der Waals surface area contributed by atoms with E-state index in [2.05, 4.69) is 6.07 Å². The molecule has 0 aliphatic carbocycles. The maximum atomic E-state index is 9.10. The van der Waals surface area contributed by atoms with Crippen LogP contribution < -0.4 is 0 Å². The van der Waals surface area contributed by atoms with Crippen molar-refractivity contribution in [1.82, 2.24) is 0 Å². The Labute approximate surface area is 113 Å². The van der Waals surface area contributed by atoms with Crippen LogP contribution in [0.15, 0.2) is 48.5 Å². The van der Waals surface area contributed by atoms with Crippen LogP contribution in [0.1, 0.15) is 19.4 Å². The second kappa shape index (κ2) is 4.84. The molecule has 0 amide bonds. The zero-order valence-electron chi connectivity index (χ0n) is 10.4. The molecule has 0 fully saturated rings. The summed E-state index contributed by atoms with van der Waals surface area (Å²) < 4.78 is 0. The third-order valence-corrected chi connectivity index (χ3v) is 3.32. The van der Waals surface area contributed by atoms with Crippen LogP contribution in [0.3, 0.4) is 0 Å². The first kappa shape index (κ1) is 12.7. The minimum Gasteiger partial charge on any atom is -0.197 e. The Kier molecular flexibility index (Phi) is 3.41. The van der Waals surface area contributed by atoms with Gasteiger partial charge in [-0.15, -0.1) is 0 Å². The molecule has 0 saturated heterocycles. The molecule has 0 unspecified atom stereocenters. The average Bonchev–Trinajstić information content (AvgIpc) is 2.40. The summed E-state index contributed by atoms with van der Waals surface area (Å²) in [6.07, 6.45) is 0. The van der Waals surface area contributed by atoms with Gasteiger partial charge in [0.15, 0.2) is 0 Å². The topological polar surface area (TPSA) is 23.8 Å². The summed E-state index contributed by atoms with van der Waals surface area (Å²) in [4.78, 5) is 0. The van der Waals surface area contributed by atoms with Crippen LogP contribution in [0, 0.1) is 11.3 Å². The molecular formula is C16H14ClN. The lowest BCUT2D eigenvalue weighted by Gasteiger charge is -2.16. The molecule has 2 aromatic rings. The van der Waals surface area contributed by atoms with E-state index in [0.29, 0.717) is 0 Å². The summed E-state index contributed by atoms with van der Waals surface area (Å²) in [5.41, 5.74) is 2.84. The first-order chi connectivity index (χ1) is 8.53. The van der Waals surface area contributed by atoms with Crippen LogP contribution in [-0.2, 0) is 5.41 Å². The normalized spacial score (nSPS) is 11.0. The van der Waals surface area contributed by atoms with Crippen LogP contribution in [0.25, 0.3) is 11.1 Å². The molecule has 0 spiro atoms. The number of rotatable bonds is 2. The fourth-order valence-electron chi connectivity index (χ4n) is 1.79. The van der Waals surface area contributed by atoms with Gasteiger partial charge in [0.1, 0.15) is 0 Å². The van der Waals surface area contributed by atoms with Gasteiger partial charge < -0.3 is 0 Å². The third-order valence-electron chi connectivity index (χ3n) is 3.06. The number of halogens is 1. The third kappa shape index (κ3) is 2.55. The fraction of sp³-hybridized carbons (Fsp3) is 0.188. The van der Waals surface area contributed by atoms with E-state index in [0.717, 1.165) is 21.7 Å². The van der Waals surface area contributed by atoms with Gasteiger partial charge in [-0.1, -0.05) is 48.0 Å². The molecule has 0 atom stereocenters. The Bertz CT molecular complexity index is 574. The smallest absolute Gasteiger partial charge is 0.0766 e. The molecule has 2 aromatic carbocycles. The maximum Gasteiger partial charge on any atom is 0.0766 e. The van der Waals surface area contributed by atoms with Crippen molar-refractivity contribution in [3.05, 3.63) is 59.1 Å². The Balaban J connectivity index is 2.34. The number of hydrogen-bond donors (Lipinski definition) is 0. The van der Waals surface area contributed by atoms with E-state index in [1.807, 2.05) is 62.4 Å². The summed E-state index contributed by atoms with van der Waals surface area (Å²) >= 11 is 5.87. The van der Waals surface area contributed by atoms with Gasteiger partial charge in [-0.3, -0.25) is 0 Å². The van der Waals surface area contributed by atoms with Crippen LogP contribution in [0.4, 0.5) is 0 Å². The average molecular weight is 256 g/mol. The highest BCUT2D eigenvalue weighted by Crippen LogP contribution is 2.26. The number of benzene rings is 2. The summed E-state index contributed by atoms with van der Waals surface area (Å²) in [7, 11) is 0. The van der Waals surface area contributed by atoms with E-state index in [4.69, 9.17) is 16.9 Å². The molecule has 2 heteroatoms. The van der Waals surface area contributed by atoms with Gasteiger partial charge >= 0.3 is 0 Å². The highest BCUT2D eigenvalue weighted by Gasteiger charge is 2.19. The zero-order chi connectivity index (χ0) is 13.2. The van der Waals surface area contributed by atoms with Crippen molar-refractivity contribution in [2.45, 2.75) is 19.3 Å². The number of nitriles is 1. The molecule has 0 aliphatic rings. The van der Waals surface area contributed by atoms with Crippen LogP contribution in [-0.4, -0.2) is 0 Å². The fourth-order valence-corrected chi connectivity index (χ4v) is 1.91. The van der Waals surface area contributed by atoms with Gasteiger partial charge in [0, 0.05) is 5.02 Å². The molecule has 0 N–H and O–H groups in total. The largest absolute Gasteiger partial charge is 0.197 e. The van der Waals surface area contributed by atoms with Gasteiger partial charge in [-0.25, -0.2) is 0 Å². The van der Waals surface area contributed by atoms with Crippen molar-refractivity contribution in [2.75, 3.05) is 0 Å². The molecule has 90 valence electrons. The van der Waals surface area contributed by atoms with Gasteiger partial charge in [-0.2, -0.15) is 5.26 Å². The quantitative estimate of drug-likeness (QED) is 0.756. The van der Waals surface area contributed by atoms with Gasteiger partial charge in [0.25, 0.3) is 0 Å². The molecule has 0 heterocycles.